The fraction of sp³-hybridized carbons (Fsp3) is 0.417. The van der Waals surface area contributed by atoms with Crippen molar-refractivity contribution in [2.24, 2.45) is 5.10 Å². The van der Waals surface area contributed by atoms with E-state index in [4.69, 9.17) is 0 Å². The fourth-order valence-electron chi connectivity index (χ4n) is 4.06. The lowest BCUT2D eigenvalue weighted by Gasteiger charge is -2.34. The number of amides is 1. The quantitative estimate of drug-likeness (QED) is 0.766. The average molecular weight is 391 g/mol. The molecule has 2 aromatic rings. The van der Waals surface area contributed by atoms with Crippen molar-refractivity contribution in [3.05, 3.63) is 71.3 Å². The van der Waals surface area contributed by atoms with Gasteiger partial charge in [0, 0.05) is 50.5 Å². The summed E-state index contributed by atoms with van der Waals surface area (Å²) in [6.07, 6.45) is 4.39. The number of hydrogen-bond donors (Lipinski definition) is 1. The topological polar surface area (TPSA) is 47.9 Å². The molecule has 0 unspecified atom stereocenters. The molecule has 2 aromatic carbocycles. The van der Waals surface area contributed by atoms with Crippen LogP contribution in [0.15, 0.2) is 59.7 Å². The summed E-state index contributed by atoms with van der Waals surface area (Å²) in [5.41, 5.74) is 7.11. The van der Waals surface area contributed by atoms with Crippen molar-refractivity contribution < 1.29 is 4.79 Å². The van der Waals surface area contributed by atoms with E-state index in [1.54, 1.807) is 0 Å². The zero-order valence-electron chi connectivity index (χ0n) is 17.0. The Morgan fingerprint density at radius 1 is 0.793 bits per heavy atom. The maximum absolute atomic E-state index is 12.3. The summed E-state index contributed by atoms with van der Waals surface area (Å²) in [4.78, 5) is 17.3. The molecule has 0 spiro atoms. The number of carbonyl (C=O) groups excluding carboxylic acids is 1. The van der Waals surface area contributed by atoms with Crippen LogP contribution in [0.4, 0.5) is 0 Å². The van der Waals surface area contributed by atoms with Crippen LogP contribution in [0.5, 0.6) is 0 Å². The Hall–Kier alpha value is -2.50. The van der Waals surface area contributed by atoms with Crippen LogP contribution < -0.4 is 5.43 Å². The van der Waals surface area contributed by atoms with Crippen molar-refractivity contribution in [3.8, 4) is 0 Å². The number of nitrogens with one attached hydrogen (secondary N) is 1. The van der Waals surface area contributed by atoms with Gasteiger partial charge in [0.1, 0.15) is 0 Å². The summed E-state index contributed by atoms with van der Waals surface area (Å²) in [5, 5.41) is 4.26. The molecule has 0 aromatic heterocycles. The van der Waals surface area contributed by atoms with Gasteiger partial charge in [0.25, 0.3) is 5.91 Å². The van der Waals surface area contributed by atoms with Gasteiger partial charge in [0.2, 0.25) is 0 Å². The zero-order chi connectivity index (χ0) is 19.9. The van der Waals surface area contributed by atoms with Gasteiger partial charge in [-0.2, -0.15) is 5.10 Å². The molecule has 1 heterocycles. The van der Waals surface area contributed by atoms with Crippen LogP contribution in [-0.4, -0.2) is 47.6 Å². The number of nitrogens with zero attached hydrogens (tertiary/aromatic N) is 3. The van der Waals surface area contributed by atoms with Crippen LogP contribution in [0, 0.1) is 0 Å². The smallest absolute Gasteiger partial charge is 0.271 e. The number of rotatable bonds is 6. The van der Waals surface area contributed by atoms with Crippen molar-refractivity contribution in [2.75, 3.05) is 26.2 Å². The van der Waals surface area contributed by atoms with E-state index < -0.39 is 0 Å². The summed E-state index contributed by atoms with van der Waals surface area (Å²) in [6, 6.07) is 18.6. The summed E-state index contributed by atoms with van der Waals surface area (Å²) in [6.45, 7) is 6.30. The predicted molar refractivity (Wildman–Crippen MR) is 117 cm³/mol. The number of hydrogen-bond acceptors (Lipinski definition) is 4. The lowest BCUT2D eigenvalue weighted by atomic mass is 10.1. The first-order valence-corrected chi connectivity index (χ1v) is 10.7. The van der Waals surface area contributed by atoms with Crippen LogP contribution in [0.25, 0.3) is 0 Å². The molecular weight excluding hydrogens is 360 g/mol. The third-order valence-corrected chi connectivity index (χ3v) is 5.83. The Kier molecular flexibility index (Phi) is 6.70. The van der Waals surface area contributed by atoms with Crippen molar-refractivity contribution in [3.63, 3.8) is 0 Å². The average Bonchev–Trinajstić information content (AvgIpc) is 3.28. The Bertz CT molecular complexity index is 816. The number of carbonyl (C=O) groups is 1. The van der Waals surface area contributed by atoms with Crippen molar-refractivity contribution in [1.82, 2.24) is 15.2 Å². The first-order chi connectivity index (χ1) is 14.3. The second kappa shape index (κ2) is 9.81. The van der Waals surface area contributed by atoms with Crippen LogP contribution in [-0.2, 0) is 13.1 Å². The van der Waals surface area contributed by atoms with Gasteiger partial charge in [-0.3, -0.25) is 14.6 Å². The Morgan fingerprint density at radius 3 is 1.93 bits per heavy atom. The highest BCUT2D eigenvalue weighted by molar-refractivity contribution is 5.95. The van der Waals surface area contributed by atoms with E-state index in [1.165, 1.54) is 24.0 Å². The van der Waals surface area contributed by atoms with Gasteiger partial charge in [0.05, 0.1) is 0 Å². The van der Waals surface area contributed by atoms with Gasteiger partial charge in [0.15, 0.2) is 0 Å². The van der Waals surface area contributed by atoms with Crippen LogP contribution >= 0.6 is 0 Å². The van der Waals surface area contributed by atoms with Crippen molar-refractivity contribution in [1.29, 1.82) is 0 Å². The second-order valence-corrected chi connectivity index (χ2v) is 8.06. The molecule has 1 amide bonds. The Balaban J connectivity index is 1.23. The zero-order valence-corrected chi connectivity index (χ0v) is 17.0. The van der Waals surface area contributed by atoms with Crippen molar-refractivity contribution >= 4 is 11.6 Å². The number of benzene rings is 2. The maximum atomic E-state index is 12.3. The van der Waals surface area contributed by atoms with Crippen LogP contribution in [0.1, 0.15) is 47.2 Å². The summed E-state index contributed by atoms with van der Waals surface area (Å²) < 4.78 is 0. The first kappa shape index (κ1) is 19.8. The second-order valence-electron chi connectivity index (χ2n) is 8.06. The van der Waals surface area contributed by atoms with Crippen molar-refractivity contribution in [2.45, 2.75) is 38.8 Å². The lowest BCUT2D eigenvalue weighted by Crippen LogP contribution is -2.45. The summed E-state index contributed by atoms with van der Waals surface area (Å²) >= 11 is 0. The fourth-order valence-corrected chi connectivity index (χ4v) is 4.06. The molecule has 2 fully saturated rings. The molecule has 152 valence electrons. The molecule has 1 saturated carbocycles. The summed E-state index contributed by atoms with van der Waals surface area (Å²) in [5.74, 6) is -0.120. The van der Waals surface area contributed by atoms with Gasteiger partial charge >= 0.3 is 0 Å². The van der Waals surface area contributed by atoms with E-state index in [1.807, 2.05) is 12.1 Å². The molecule has 1 saturated heterocycles. The molecule has 1 N–H and O–H groups in total. The van der Waals surface area contributed by atoms with E-state index in [-0.39, 0.29) is 5.91 Å². The highest BCUT2D eigenvalue weighted by Gasteiger charge is 2.17. The van der Waals surface area contributed by atoms with E-state index in [2.05, 4.69) is 62.8 Å². The minimum atomic E-state index is -0.120. The van der Waals surface area contributed by atoms with E-state index >= 15 is 0 Å². The standard InChI is InChI=1S/C24H30N4O/c29-24(26-25-23-8-4-5-9-23)22-12-10-21(11-13-22)19-28-16-14-27(15-17-28)18-20-6-2-1-3-7-20/h1-3,6-7,10-13H,4-5,8-9,14-19H2,(H,26,29). The van der Waals surface area contributed by atoms with E-state index in [0.717, 1.165) is 57.8 Å². The Labute approximate surface area is 173 Å². The molecule has 0 radical (unpaired) electrons. The largest absolute Gasteiger partial charge is 0.297 e. The predicted octanol–water partition coefficient (Wildman–Crippen LogP) is 3.66. The summed E-state index contributed by atoms with van der Waals surface area (Å²) in [7, 11) is 0. The molecular formula is C24H30N4O. The third kappa shape index (κ3) is 5.75. The molecule has 1 aliphatic heterocycles. The van der Waals surface area contributed by atoms with Gasteiger partial charge in [-0.1, -0.05) is 42.5 Å². The van der Waals surface area contributed by atoms with Crippen LogP contribution in [0.2, 0.25) is 0 Å². The third-order valence-electron chi connectivity index (χ3n) is 5.83. The van der Waals surface area contributed by atoms with Gasteiger partial charge in [-0.05, 0) is 48.9 Å². The van der Waals surface area contributed by atoms with Crippen LogP contribution in [0.3, 0.4) is 0 Å². The molecule has 29 heavy (non-hydrogen) atoms. The van der Waals surface area contributed by atoms with Gasteiger partial charge in [-0.25, -0.2) is 5.43 Å². The molecule has 4 rings (SSSR count). The van der Waals surface area contributed by atoms with Gasteiger partial charge < -0.3 is 0 Å². The Morgan fingerprint density at radius 2 is 1.34 bits per heavy atom. The number of hydrazone groups is 1. The monoisotopic (exact) mass is 390 g/mol. The maximum Gasteiger partial charge on any atom is 0.271 e. The highest BCUT2D eigenvalue weighted by atomic mass is 16.2. The molecule has 2 aliphatic rings. The molecule has 0 atom stereocenters. The van der Waals surface area contributed by atoms with E-state index in [9.17, 15) is 4.79 Å². The number of piperazine rings is 1. The minimum absolute atomic E-state index is 0.120. The molecule has 5 heteroatoms. The molecule has 5 nitrogen and oxygen atoms in total. The molecule has 0 bridgehead atoms. The SMILES string of the molecule is O=C(NN=C1CCCC1)c1ccc(CN2CCN(Cc3ccccc3)CC2)cc1. The lowest BCUT2D eigenvalue weighted by molar-refractivity contribution is 0.0954. The normalized spacial score (nSPS) is 18.0. The first-order valence-electron chi connectivity index (χ1n) is 10.7. The van der Waals surface area contributed by atoms with E-state index in [0.29, 0.717) is 5.56 Å². The minimum Gasteiger partial charge on any atom is -0.297 e. The highest BCUT2D eigenvalue weighted by Crippen LogP contribution is 2.15. The van der Waals surface area contributed by atoms with Gasteiger partial charge in [-0.15, -0.1) is 0 Å². The molecule has 1 aliphatic carbocycles.